The van der Waals surface area contributed by atoms with Crippen LogP contribution < -0.4 is 5.32 Å². The number of nitrogens with zero attached hydrogens (tertiary/aromatic N) is 3. The maximum Gasteiger partial charge on any atom is 0.411 e. The molecule has 1 saturated carbocycles. The van der Waals surface area contributed by atoms with Crippen LogP contribution in [0.3, 0.4) is 0 Å². The predicted octanol–water partition coefficient (Wildman–Crippen LogP) is 5.13. The van der Waals surface area contributed by atoms with E-state index in [1.54, 1.807) is 39.0 Å². The molecule has 212 valence electrons. The Morgan fingerprint density at radius 3 is 2.60 bits per heavy atom. The minimum Gasteiger partial charge on any atom is -0.444 e. The molecule has 2 saturated heterocycles. The van der Waals surface area contributed by atoms with Crippen molar-refractivity contribution < 1.29 is 23.5 Å². The van der Waals surface area contributed by atoms with Gasteiger partial charge in [0.15, 0.2) is 0 Å². The number of likely N-dealkylation sites (tertiary alicyclic amines) is 2. The summed E-state index contributed by atoms with van der Waals surface area (Å²) < 4.78 is 20.7. The molecular weight excluding hydrogens is 531 g/mol. The van der Waals surface area contributed by atoms with Gasteiger partial charge < -0.3 is 15.0 Å². The Morgan fingerprint density at radius 2 is 1.93 bits per heavy atom. The summed E-state index contributed by atoms with van der Waals surface area (Å²) in [4.78, 5) is 42.9. The van der Waals surface area contributed by atoms with Crippen molar-refractivity contribution in [3.05, 3.63) is 45.9 Å². The molecule has 4 atom stereocenters. The van der Waals surface area contributed by atoms with Crippen LogP contribution in [0, 0.1) is 23.1 Å². The quantitative estimate of drug-likeness (QED) is 0.522. The van der Waals surface area contributed by atoms with Crippen LogP contribution in [0.1, 0.15) is 68.1 Å². The van der Waals surface area contributed by atoms with E-state index in [-0.39, 0.29) is 24.3 Å². The number of hydrogen-bond acceptors (Lipinski definition) is 6. The maximum absolute atomic E-state index is 15.2. The van der Waals surface area contributed by atoms with E-state index >= 15 is 4.39 Å². The van der Waals surface area contributed by atoms with E-state index in [9.17, 15) is 19.6 Å². The van der Waals surface area contributed by atoms with Crippen LogP contribution in [0.5, 0.6) is 0 Å². The zero-order valence-electron chi connectivity index (χ0n) is 23.1. The van der Waals surface area contributed by atoms with Crippen molar-refractivity contribution in [2.75, 3.05) is 13.1 Å². The number of hydrogen-bond donors (Lipinski definition) is 1. The van der Waals surface area contributed by atoms with Crippen molar-refractivity contribution in [1.29, 1.82) is 5.26 Å². The molecule has 2 aromatic rings. The molecule has 0 unspecified atom stereocenters. The molecule has 1 N–H and O–H groups in total. The van der Waals surface area contributed by atoms with Crippen molar-refractivity contribution in [1.82, 2.24) is 15.1 Å². The Hall–Kier alpha value is -3.45. The molecule has 1 aliphatic carbocycles. The second kappa shape index (κ2) is 11.2. The average molecular weight is 567 g/mol. The van der Waals surface area contributed by atoms with Crippen molar-refractivity contribution in [3.63, 3.8) is 0 Å². The highest BCUT2D eigenvalue weighted by atomic mass is 32.1. The summed E-state index contributed by atoms with van der Waals surface area (Å²) >= 11 is 1.35. The van der Waals surface area contributed by atoms with E-state index in [4.69, 9.17) is 4.74 Å². The highest BCUT2D eigenvalue weighted by molar-refractivity contribution is 7.12. The van der Waals surface area contributed by atoms with Crippen LogP contribution in [-0.4, -0.2) is 64.5 Å². The first-order valence-electron chi connectivity index (χ1n) is 13.9. The van der Waals surface area contributed by atoms with E-state index in [1.165, 1.54) is 22.3 Å². The number of carbonyl (C=O) groups excluding carboxylic acids is 3. The number of benzene rings is 1. The van der Waals surface area contributed by atoms with Crippen molar-refractivity contribution in [2.24, 2.45) is 5.92 Å². The zero-order valence-corrected chi connectivity index (χ0v) is 23.9. The molecule has 5 rings (SSSR count). The number of halogens is 1. The number of amides is 3. The second-order valence-electron chi connectivity index (χ2n) is 12.0. The summed E-state index contributed by atoms with van der Waals surface area (Å²) in [5.41, 5.74) is 1.02. The molecular formula is C30H35FN4O4S. The molecule has 3 fully saturated rings. The summed E-state index contributed by atoms with van der Waals surface area (Å²) in [6.45, 7) is 6.89. The molecule has 3 aliphatic rings. The minimum atomic E-state index is -0.960. The number of ether oxygens (including phenoxy) is 1. The van der Waals surface area contributed by atoms with E-state index in [0.717, 1.165) is 50.8 Å². The second-order valence-corrected chi connectivity index (χ2v) is 12.9. The topological polar surface area (TPSA) is 103 Å². The first-order chi connectivity index (χ1) is 19.0. The van der Waals surface area contributed by atoms with Crippen LogP contribution in [0.25, 0.3) is 11.1 Å². The fourth-order valence-electron chi connectivity index (χ4n) is 6.08. The molecule has 0 spiro atoms. The molecule has 1 aromatic carbocycles. The number of fused-ring (bicyclic) bond motifs is 2. The number of piperidine rings is 1. The molecule has 10 heteroatoms. The lowest BCUT2D eigenvalue weighted by atomic mass is 9.97. The van der Waals surface area contributed by atoms with E-state index < -0.39 is 35.5 Å². The van der Waals surface area contributed by atoms with Crippen molar-refractivity contribution in [3.8, 4) is 17.2 Å². The summed E-state index contributed by atoms with van der Waals surface area (Å²) in [6.07, 6.45) is 3.90. The molecule has 1 aromatic heterocycles. The fourth-order valence-corrected chi connectivity index (χ4v) is 6.96. The van der Waals surface area contributed by atoms with Gasteiger partial charge in [0.2, 0.25) is 5.91 Å². The van der Waals surface area contributed by atoms with E-state index in [2.05, 4.69) is 11.4 Å². The Morgan fingerprint density at radius 1 is 1.18 bits per heavy atom. The molecule has 8 nitrogen and oxygen atoms in total. The largest absolute Gasteiger partial charge is 0.444 e. The normalized spacial score (nSPS) is 22.7. The third-order valence-corrected chi connectivity index (χ3v) is 8.86. The Bertz CT molecular complexity index is 1340. The van der Waals surface area contributed by atoms with Gasteiger partial charge in [-0.15, -0.1) is 11.3 Å². The molecule has 0 radical (unpaired) electrons. The standard InChI is InChI=1S/C30H35FN4O4S/c1-30(2,3)39-29(38)35-23-9-8-20(13-23)26(35)27(36)33-22(16-32)12-19-7-6-18(14-24(19)31)21-15-25(40-17-21)28(37)34-10-4-5-11-34/h6-7,14-15,17,20,22-23,26H,4-5,8-13H2,1-3H3,(H,33,36)/t20-,22-,23+,26-/m0/s1. The third-order valence-electron chi connectivity index (χ3n) is 7.94. The van der Waals surface area contributed by atoms with Gasteiger partial charge in [0.1, 0.15) is 23.5 Å². The smallest absolute Gasteiger partial charge is 0.411 e. The van der Waals surface area contributed by atoms with Crippen LogP contribution in [0.15, 0.2) is 29.6 Å². The lowest BCUT2D eigenvalue weighted by Gasteiger charge is -2.35. The molecule has 3 heterocycles. The van der Waals surface area contributed by atoms with Gasteiger partial charge in [0, 0.05) is 25.6 Å². The van der Waals surface area contributed by atoms with Gasteiger partial charge in [0.05, 0.1) is 10.9 Å². The predicted molar refractivity (Wildman–Crippen MR) is 149 cm³/mol. The molecule has 2 aliphatic heterocycles. The van der Waals surface area contributed by atoms with Crippen LogP contribution in [-0.2, 0) is 16.0 Å². The van der Waals surface area contributed by atoms with Crippen molar-refractivity contribution in [2.45, 2.75) is 83.0 Å². The summed E-state index contributed by atoms with van der Waals surface area (Å²) in [5, 5.41) is 14.4. The summed E-state index contributed by atoms with van der Waals surface area (Å²) in [7, 11) is 0. The zero-order chi connectivity index (χ0) is 28.6. The van der Waals surface area contributed by atoms with Crippen molar-refractivity contribution >= 4 is 29.2 Å². The van der Waals surface area contributed by atoms with Gasteiger partial charge in [0.25, 0.3) is 5.91 Å². The minimum absolute atomic E-state index is 0.00998. The number of nitrogens with one attached hydrogen (secondary N) is 1. The summed E-state index contributed by atoms with van der Waals surface area (Å²) in [5.74, 6) is -0.865. The fraction of sp³-hybridized carbons (Fsp3) is 0.533. The molecule has 2 bridgehead atoms. The van der Waals surface area contributed by atoms with Gasteiger partial charge in [-0.2, -0.15) is 5.26 Å². The lowest BCUT2D eigenvalue weighted by Crippen LogP contribution is -2.55. The SMILES string of the molecule is CC(C)(C)OC(=O)N1[C@@H]2CC[C@@H](C2)[C@H]1C(=O)N[C@H](C#N)Cc1ccc(-c2csc(C(=O)N3CCCC3)c2)cc1F. The molecule has 3 amide bonds. The van der Waals surface area contributed by atoms with Gasteiger partial charge in [-0.25, -0.2) is 9.18 Å². The first-order valence-corrected chi connectivity index (χ1v) is 14.8. The van der Waals surface area contributed by atoms with Crippen LogP contribution in [0.2, 0.25) is 0 Å². The highest BCUT2D eigenvalue weighted by Gasteiger charge is 2.52. The van der Waals surface area contributed by atoms with Gasteiger partial charge in [-0.3, -0.25) is 14.5 Å². The highest BCUT2D eigenvalue weighted by Crippen LogP contribution is 2.43. The molecule has 40 heavy (non-hydrogen) atoms. The number of rotatable bonds is 6. The van der Waals surface area contributed by atoms with E-state index in [1.807, 2.05) is 10.3 Å². The first kappa shape index (κ1) is 28.1. The maximum atomic E-state index is 15.2. The Balaban J connectivity index is 1.24. The van der Waals surface area contributed by atoms with E-state index in [0.29, 0.717) is 16.0 Å². The third kappa shape index (κ3) is 5.85. The van der Waals surface area contributed by atoms with Crippen LogP contribution in [0.4, 0.5) is 9.18 Å². The number of thiophene rings is 1. The number of nitriles is 1. The van der Waals surface area contributed by atoms with Gasteiger partial charge in [-0.1, -0.05) is 12.1 Å². The lowest BCUT2D eigenvalue weighted by molar-refractivity contribution is -0.128. The van der Waals surface area contributed by atoms with Gasteiger partial charge >= 0.3 is 6.09 Å². The monoisotopic (exact) mass is 566 g/mol. The Kier molecular flexibility index (Phi) is 7.87. The number of carbonyl (C=O) groups is 3. The van der Waals surface area contributed by atoms with Gasteiger partial charge in [-0.05, 0) is 93.0 Å². The van der Waals surface area contributed by atoms with Crippen LogP contribution >= 0.6 is 11.3 Å². The summed E-state index contributed by atoms with van der Waals surface area (Å²) in [6, 6.07) is 6.94. The average Bonchev–Trinajstić information content (AvgIpc) is 3.71. The Labute approximate surface area is 238 Å².